The van der Waals surface area contributed by atoms with Crippen LogP contribution in [-0.2, 0) is 11.0 Å². The number of likely N-dealkylation sites (tertiary alicyclic amines) is 1. The molecule has 1 fully saturated rings. The van der Waals surface area contributed by atoms with Crippen LogP contribution in [0.25, 0.3) is 0 Å². The van der Waals surface area contributed by atoms with Crippen molar-refractivity contribution in [2.24, 2.45) is 0 Å². The van der Waals surface area contributed by atoms with Gasteiger partial charge in [-0.25, -0.2) is 0 Å². The molecule has 21 heavy (non-hydrogen) atoms. The molecule has 1 aromatic carbocycles. The van der Waals surface area contributed by atoms with Gasteiger partial charge in [0, 0.05) is 30.5 Å². The lowest BCUT2D eigenvalue weighted by atomic mass is 10.2. The van der Waals surface area contributed by atoms with Crippen LogP contribution >= 0.6 is 0 Å². The van der Waals surface area contributed by atoms with Crippen molar-refractivity contribution in [2.45, 2.75) is 25.9 Å². The molecule has 1 saturated heterocycles. The molecule has 3 nitrogen and oxygen atoms in total. The van der Waals surface area contributed by atoms with Gasteiger partial charge >= 0.3 is 6.18 Å². The number of rotatable bonds is 3. The fraction of sp³-hybridized carbons (Fsp3) is 0.400. The number of carbonyl (C=O) groups excluding carboxylic acids is 1. The largest absolute Gasteiger partial charge is 0.416 e. The second-order valence-electron chi connectivity index (χ2n) is 5.04. The van der Waals surface area contributed by atoms with Crippen LogP contribution in [0.4, 0.5) is 18.9 Å². The number of alkyl halides is 3. The molecule has 6 heteroatoms. The maximum atomic E-state index is 12.4. The van der Waals surface area contributed by atoms with Gasteiger partial charge in [0.2, 0.25) is 5.91 Å². The van der Waals surface area contributed by atoms with Crippen molar-refractivity contribution in [3.63, 3.8) is 0 Å². The summed E-state index contributed by atoms with van der Waals surface area (Å²) in [4.78, 5) is 13.9. The molecule has 2 rings (SSSR count). The Labute approximate surface area is 121 Å². The molecule has 0 radical (unpaired) electrons. The van der Waals surface area contributed by atoms with Gasteiger partial charge in [-0.05, 0) is 44.0 Å². The number of nitrogens with zero attached hydrogens (tertiary/aromatic N) is 1. The van der Waals surface area contributed by atoms with E-state index in [-0.39, 0.29) is 5.91 Å². The molecule has 0 aliphatic carbocycles. The summed E-state index contributed by atoms with van der Waals surface area (Å²) in [5.41, 5.74) is 0.486. The SMILES string of the molecule is C/C(=C\C(=O)Nc1ccc(C(F)(F)F)cc1)N1CCCC1. The Balaban J connectivity index is 1.97. The second-order valence-corrected chi connectivity index (χ2v) is 5.04. The molecule has 1 aromatic rings. The summed E-state index contributed by atoms with van der Waals surface area (Å²) in [6.07, 6.45) is -0.658. The van der Waals surface area contributed by atoms with Crippen LogP contribution in [0.15, 0.2) is 36.0 Å². The molecule has 1 aliphatic heterocycles. The third-order valence-corrected chi connectivity index (χ3v) is 3.42. The highest BCUT2D eigenvalue weighted by molar-refractivity contribution is 5.99. The van der Waals surface area contributed by atoms with Gasteiger partial charge in [-0.3, -0.25) is 4.79 Å². The van der Waals surface area contributed by atoms with Crippen molar-refractivity contribution in [1.29, 1.82) is 0 Å². The number of amides is 1. The summed E-state index contributed by atoms with van der Waals surface area (Å²) in [5.74, 6) is -0.334. The highest BCUT2D eigenvalue weighted by atomic mass is 19.4. The van der Waals surface area contributed by atoms with Gasteiger partial charge in [0.05, 0.1) is 5.56 Å². The van der Waals surface area contributed by atoms with Crippen molar-refractivity contribution >= 4 is 11.6 Å². The minimum atomic E-state index is -4.37. The quantitative estimate of drug-likeness (QED) is 0.864. The summed E-state index contributed by atoms with van der Waals surface area (Å²) >= 11 is 0. The van der Waals surface area contributed by atoms with Gasteiger partial charge in [0.25, 0.3) is 0 Å². The number of carbonyl (C=O) groups is 1. The average molecular weight is 298 g/mol. The Kier molecular flexibility index (Phi) is 4.55. The Morgan fingerprint density at radius 1 is 1.19 bits per heavy atom. The number of hydrogen-bond donors (Lipinski definition) is 1. The lowest BCUT2D eigenvalue weighted by molar-refractivity contribution is -0.137. The lowest BCUT2D eigenvalue weighted by Gasteiger charge is -2.17. The van der Waals surface area contributed by atoms with E-state index in [2.05, 4.69) is 10.2 Å². The topological polar surface area (TPSA) is 32.3 Å². The van der Waals surface area contributed by atoms with Gasteiger partial charge < -0.3 is 10.2 Å². The standard InChI is InChI=1S/C15H17F3N2O/c1-11(20-8-2-3-9-20)10-14(21)19-13-6-4-12(5-7-13)15(16,17)18/h4-7,10H,2-3,8-9H2,1H3,(H,19,21)/b11-10+. The van der Waals surface area contributed by atoms with Crippen molar-refractivity contribution in [1.82, 2.24) is 4.90 Å². The van der Waals surface area contributed by atoms with Crippen LogP contribution in [0.1, 0.15) is 25.3 Å². The Bertz CT molecular complexity index is 529. The first-order chi connectivity index (χ1) is 9.86. The van der Waals surface area contributed by atoms with E-state index in [0.717, 1.165) is 43.8 Å². The predicted octanol–water partition coefficient (Wildman–Crippen LogP) is 3.64. The van der Waals surface area contributed by atoms with Crippen molar-refractivity contribution in [3.05, 3.63) is 41.6 Å². The smallest absolute Gasteiger partial charge is 0.375 e. The molecule has 0 aromatic heterocycles. The van der Waals surface area contributed by atoms with E-state index >= 15 is 0 Å². The van der Waals surface area contributed by atoms with Gasteiger partial charge in [0.1, 0.15) is 0 Å². The van der Waals surface area contributed by atoms with E-state index in [4.69, 9.17) is 0 Å². The van der Waals surface area contributed by atoms with Gasteiger partial charge in [-0.15, -0.1) is 0 Å². The first-order valence-electron chi connectivity index (χ1n) is 6.78. The molecule has 0 unspecified atom stereocenters. The molecule has 1 heterocycles. The molecule has 0 atom stereocenters. The maximum Gasteiger partial charge on any atom is 0.416 e. The van der Waals surface area contributed by atoms with Crippen LogP contribution in [0.3, 0.4) is 0 Å². The summed E-state index contributed by atoms with van der Waals surface area (Å²) in [7, 11) is 0. The highest BCUT2D eigenvalue weighted by Crippen LogP contribution is 2.29. The highest BCUT2D eigenvalue weighted by Gasteiger charge is 2.29. The van der Waals surface area contributed by atoms with E-state index in [1.54, 1.807) is 0 Å². The molecule has 0 spiro atoms. The fourth-order valence-corrected chi connectivity index (χ4v) is 2.27. The zero-order valence-electron chi connectivity index (χ0n) is 11.7. The zero-order valence-corrected chi connectivity index (χ0v) is 11.7. The summed E-state index contributed by atoms with van der Waals surface area (Å²) < 4.78 is 37.3. The van der Waals surface area contributed by atoms with Crippen LogP contribution in [-0.4, -0.2) is 23.9 Å². The second kappa shape index (κ2) is 6.20. The Morgan fingerprint density at radius 2 is 1.76 bits per heavy atom. The molecule has 0 saturated carbocycles. The van der Waals surface area contributed by atoms with E-state index in [0.29, 0.717) is 5.69 Å². The van der Waals surface area contributed by atoms with Crippen LogP contribution in [0.2, 0.25) is 0 Å². The van der Waals surface area contributed by atoms with Crippen LogP contribution < -0.4 is 5.32 Å². The average Bonchev–Trinajstić information content (AvgIpc) is 2.92. The maximum absolute atomic E-state index is 12.4. The van der Waals surface area contributed by atoms with Gasteiger partial charge in [-0.1, -0.05) is 0 Å². The Hall–Kier alpha value is -1.98. The van der Waals surface area contributed by atoms with Crippen LogP contribution in [0, 0.1) is 0 Å². The number of anilines is 1. The van der Waals surface area contributed by atoms with Crippen molar-refractivity contribution in [2.75, 3.05) is 18.4 Å². The van der Waals surface area contributed by atoms with Crippen LogP contribution in [0.5, 0.6) is 0 Å². The predicted molar refractivity (Wildman–Crippen MR) is 74.6 cm³/mol. The first kappa shape index (κ1) is 15.4. The third kappa shape index (κ3) is 4.24. The summed E-state index contributed by atoms with van der Waals surface area (Å²) in [6.45, 7) is 3.74. The summed E-state index contributed by atoms with van der Waals surface area (Å²) in [6, 6.07) is 4.40. The van der Waals surface area contributed by atoms with E-state index in [9.17, 15) is 18.0 Å². The number of nitrogens with one attached hydrogen (secondary N) is 1. The zero-order chi connectivity index (χ0) is 15.5. The van der Waals surface area contributed by atoms with Gasteiger partial charge in [-0.2, -0.15) is 13.2 Å². The molecular weight excluding hydrogens is 281 g/mol. The summed E-state index contributed by atoms with van der Waals surface area (Å²) in [5, 5.41) is 2.57. The first-order valence-corrected chi connectivity index (χ1v) is 6.78. The van der Waals surface area contributed by atoms with E-state index in [1.807, 2.05) is 6.92 Å². The minimum absolute atomic E-state index is 0.334. The van der Waals surface area contributed by atoms with Crippen molar-refractivity contribution < 1.29 is 18.0 Å². The number of allylic oxidation sites excluding steroid dienone is 1. The molecule has 1 amide bonds. The number of benzene rings is 1. The van der Waals surface area contributed by atoms with E-state index in [1.165, 1.54) is 18.2 Å². The van der Waals surface area contributed by atoms with E-state index < -0.39 is 11.7 Å². The fourth-order valence-electron chi connectivity index (χ4n) is 2.27. The molecule has 1 aliphatic rings. The molecule has 0 bridgehead atoms. The molecule has 1 N–H and O–H groups in total. The minimum Gasteiger partial charge on any atom is -0.375 e. The lowest BCUT2D eigenvalue weighted by Crippen LogP contribution is -2.19. The monoisotopic (exact) mass is 298 g/mol. The third-order valence-electron chi connectivity index (χ3n) is 3.42. The number of halogens is 3. The van der Waals surface area contributed by atoms with Crippen molar-refractivity contribution in [3.8, 4) is 0 Å². The normalized spacial score (nSPS) is 16.2. The number of hydrogen-bond acceptors (Lipinski definition) is 2. The Morgan fingerprint density at radius 3 is 2.29 bits per heavy atom. The van der Waals surface area contributed by atoms with Gasteiger partial charge in [0.15, 0.2) is 0 Å². The molecule has 114 valence electrons. The molecular formula is C15H17F3N2O.